The van der Waals surface area contributed by atoms with Crippen LogP contribution in [0.1, 0.15) is 23.2 Å². The molecule has 8 heteroatoms. The van der Waals surface area contributed by atoms with Crippen LogP contribution in [0.3, 0.4) is 0 Å². The molecule has 1 aliphatic rings. The Morgan fingerprint density at radius 1 is 1.26 bits per heavy atom. The predicted octanol–water partition coefficient (Wildman–Crippen LogP) is 4.04. The average molecular weight is 404 g/mol. The Balaban J connectivity index is 1.39. The van der Waals surface area contributed by atoms with E-state index in [1.54, 1.807) is 18.3 Å². The first-order valence-electron chi connectivity index (χ1n) is 8.65. The van der Waals surface area contributed by atoms with Crippen molar-refractivity contribution in [3.63, 3.8) is 0 Å². The summed E-state index contributed by atoms with van der Waals surface area (Å²) < 4.78 is 12.3. The number of carbonyl (C=O) groups is 1. The van der Waals surface area contributed by atoms with Gasteiger partial charge in [-0.2, -0.15) is 0 Å². The number of amides is 1. The van der Waals surface area contributed by atoms with E-state index in [1.807, 2.05) is 23.1 Å². The number of benzene rings is 1. The van der Waals surface area contributed by atoms with Gasteiger partial charge in [0.1, 0.15) is 17.2 Å². The zero-order valence-corrected chi connectivity index (χ0v) is 16.3. The minimum atomic E-state index is -0.0647. The monoisotopic (exact) mass is 403 g/mol. The lowest BCUT2D eigenvalue weighted by Gasteiger charge is -2.31. The maximum Gasteiger partial charge on any atom is 0.274 e. The van der Waals surface area contributed by atoms with E-state index in [2.05, 4.69) is 9.97 Å². The van der Waals surface area contributed by atoms with Crippen LogP contribution in [-0.4, -0.2) is 47.1 Å². The number of methoxy groups -OCH3 is 1. The van der Waals surface area contributed by atoms with Crippen molar-refractivity contribution >= 4 is 39.1 Å². The Bertz CT molecular complexity index is 970. The van der Waals surface area contributed by atoms with Gasteiger partial charge >= 0.3 is 0 Å². The summed E-state index contributed by atoms with van der Waals surface area (Å²) in [4.78, 5) is 23.1. The third-order valence-electron chi connectivity index (χ3n) is 4.54. The second kappa shape index (κ2) is 7.70. The summed E-state index contributed by atoms with van der Waals surface area (Å²) in [5.74, 6) is 0.289. The molecule has 2 aromatic heterocycles. The van der Waals surface area contributed by atoms with Gasteiger partial charge in [-0.3, -0.25) is 4.79 Å². The van der Waals surface area contributed by atoms with Gasteiger partial charge in [0.05, 0.1) is 16.8 Å². The van der Waals surface area contributed by atoms with Crippen molar-refractivity contribution in [2.75, 3.05) is 20.2 Å². The van der Waals surface area contributed by atoms with Crippen LogP contribution in [0.2, 0.25) is 5.02 Å². The third kappa shape index (κ3) is 3.70. The van der Waals surface area contributed by atoms with Crippen molar-refractivity contribution in [3.8, 4) is 11.1 Å². The topological polar surface area (TPSA) is 64.5 Å². The lowest BCUT2D eigenvalue weighted by molar-refractivity contribution is 0.0592. The van der Waals surface area contributed by atoms with Crippen LogP contribution >= 0.6 is 22.9 Å². The molecular formula is C19H18ClN3O3S. The number of thiazole rings is 1. The maximum atomic E-state index is 12.7. The molecule has 0 atom stereocenters. The minimum absolute atomic E-state index is 0.0316. The number of piperidine rings is 1. The Hall–Kier alpha value is -2.38. The van der Waals surface area contributed by atoms with E-state index in [1.165, 1.54) is 18.4 Å². The summed E-state index contributed by atoms with van der Waals surface area (Å²) >= 11 is 7.67. The highest BCUT2D eigenvalue weighted by atomic mass is 35.5. The summed E-state index contributed by atoms with van der Waals surface area (Å²) in [6.45, 7) is 1.24. The molecule has 1 aliphatic heterocycles. The van der Waals surface area contributed by atoms with Gasteiger partial charge in [-0.15, -0.1) is 0 Å². The van der Waals surface area contributed by atoms with Gasteiger partial charge in [0, 0.05) is 32.1 Å². The second-order valence-corrected chi connectivity index (χ2v) is 7.64. The first-order chi connectivity index (χ1) is 13.2. The fourth-order valence-electron chi connectivity index (χ4n) is 3.15. The van der Waals surface area contributed by atoms with Crippen LogP contribution in [0, 0.1) is 0 Å². The predicted molar refractivity (Wildman–Crippen MR) is 105 cm³/mol. The number of likely N-dealkylation sites (tertiary alicyclic amines) is 1. The zero-order chi connectivity index (χ0) is 18.8. The number of rotatable bonds is 4. The molecule has 3 aromatic rings. The van der Waals surface area contributed by atoms with Crippen LogP contribution in [0.4, 0.5) is 0 Å². The van der Waals surface area contributed by atoms with Crippen molar-refractivity contribution in [1.29, 1.82) is 0 Å². The number of fused-ring (bicyclic) bond motifs is 1. The summed E-state index contributed by atoms with van der Waals surface area (Å²) in [7, 11) is 1.52. The largest absolute Gasteiger partial charge is 0.480 e. The minimum Gasteiger partial charge on any atom is -0.480 e. The third-order valence-corrected chi connectivity index (χ3v) is 5.76. The molecular weight excluding hydrogens is 386 g/mol. The summed E-state index contributed by atoms with van der Waals surface area (Å²) in [6, 6.07) is 9.19. The SMILES string of the molecule is COc1ncccc1C(=O)N1CCC(Oc2nc3c(Cl)cccc3s2)CC1. The molecule has 27 heavy (non-hydrogen) atoms. The lowest BCUT2D eigenvalue weighted by Crippen LogP contribution is -2.41. The molecule has 0 spiro atoms. The molecule has 1 saturated heterocycles. The molecule has 1 amide bonds. The highest BCUT2D eigenvalue weighted by Crippen LogP contribution is 2.33. The van der Waals surface area contributed by atoms with Crippen LogP contribution in [-0.2, 0) is 0 Å². The molecule has 1 aromatic carbocycles. The molecule has 0 unspecified atom stereocenters. The fraction of sp³-hybridized carbons (Fsp3) is 0.316. The summed E-state index contributed by atoms with van der Waals surface area (Å²) in [5.41, 5.74) is 1.26. The molecule has 0 bridgehead atoms. The van der Waals surface area contributed by atoms with Crippen LogP contribution in [0.15, 0.2) is 36.5 Å². The molecule has 0 saturated carbocycles. The first-order valence-corrected chi connectivity index (χ1v) is 9.85. The lowest BCUT2D eigenvalue weighted by atomic mass is 10.1. The van der Waals surface area contributed by atoms with E-state index in [9.17, 15) is 4.79 Å². The summed E-state index contributed by atoms with van der Waals surface area (Å²) in [5, 5.41) is 1.25. The van der Waals surface area contributed by atoms with Crippen LogP contribution in [0.5, 0.6) is 11.1 Å². The van der Waals surface area contributed by atoms with Crippen molar-refractivity contribution in [2.24, 2.45) is 0 Å². The molecule has 0 aliphatic carbocycles. The normalized spacial score (nSPS) is 15.1. The molecule has 0 N–H and O–H groups in total. The Kier molecular flexibility index (Phi) is 5.13. The molecule has 140 valence electrons. The van der Waals surface area contributed by atoms with Gasteiger partial charge in [0.15, 0.2) is 0 Å². The van der Waals surface area contributed by atoms with E-state index in [4.69, 9.17) is 21.1 Å². The number of halogens is 1. The number of pyridine rings is 1. The number of aromatic nitrogens is 2. The van der Waals surface area contributed by atoms with Crippen molar-refractivity contribution in [3.05, 3.63) is 47.1 Å². The summed E-state index contributed by atoms with van der Waals surface area (Å²) in [6.07, 6.45) is 3.14. The number of ether oxygens (including phenoxy) is 2. The van der Waals surface area contributed by atoms with Crippen molar-refractivity contribution in [1.82, 2.24) is 14.9 Å². The Morgan fingerprint density at radius 2 is 2.07 bits per heavy atom. The number of hydrogen-bond acceptors (Lipinski definition) is 6. The second-order valence-electron chi connectivity index (χ2n) is 6.24. The quantitative estimate of drug-likeness (QED) is 0.657. The van der Waals surface area contributed by atoms with Gasteiger partial charge in [-0.05, 0) is 24.3 Å². The number of hydrogen-bond donors (Lipinski definition) is 0. The molecule has 1 fully saturated rings. The number of carbonyl (C=O) groups excluding carboxylic acids is 1. The van der Waals surface area contributed by atoms with Gasteiger partial charge in [-0.25, -0.2) is 9.97 Å². The van der Waals surface area contributed by atoms with Crippen LogP contribution < -0.4 is 9.47 Å². The smallest absolute Gasteiger partial charge is 0.274 e. The highest BCUT2D eigenvalue weighted by Gasteiger charge is 2.27. The number of para-hydroxylation sites is 1. The van der Waals surface area contributed by atoms with Gasteiger partial charge in [0.2, 0.25) is 5.88 Å². The molecule has 4 rings (SSSR count). The van der Waals surface area contributed by atoms with Crippen molar-refractivity contribution < 1.29 is 14.3 Å². The van der Waals surface area contributed by atoms with Crippen molar-refractivity contribution in [2.45, 2.75) is 18.9 Å². The molecule has 6 nitrogen and oxygen atoms in total. The van der Waals surface area contributed by atoms with Gasteiger partial charge in [0.25, 0.3) is 11.1 Å². The molecule has 0 radical (unpaired) electrons. The first kappa shape index (κ1) is 18.0. The van der Waals surface area contributed by atoms with E-state index in [0.29, 0.717) is 34.7 Å². The van der Waals surface area contributed by atoms with Gasteiger partial charge in [-0.1, -0.05) is 29.0 Å². The van der Waals surface area contributed by atoms with E-state index in [-0.39, 0.29) is 12.0 Å². The average Bonchev–Trinajstić information content (AvgIpc) is 3.12. The molecule has 3 heterocycles. The Labute approximate surface area is 165 Å². The van der Waals surface area contributed by atoms with E-state index < -0.39 is 0 Å². The van der Waals surface area contributed by atoms with E-state index in [0.717, 1.165) is 23.1 Å². The zero-order valence-electron chi connectivity index (χ0n) is 14.7. The highest BCUT2D eigenvalue weighted by molar-refractivity contribution is 7.20. The van der Waals surface area contributed by atoms with Gasteiger partial charge < -0.3 is 14.4 Å². The maximum absolute atomic E-state index is 12.7. The van der Waals surface area contributed by atoms with E-state index >= 15 is 0 Å². The Morgan fingerprint density at radius 3 is 2.81 bits per heavy atom. The fourth-order valence-corrected chi connectivity index (χ4v) is 4.33. The standard InChI is InChI=1S/C19H18ClN3O3S/c1-25-17-13(4-3-9-21-17)18(24)23-10-7-12(8-11-23)26-19-22-16-14(20)5-2-6-15(16)27-19/h2-6,9,12H,7-8,10-11H2,1H3. The number of nitrogens with zero attached hydrogens (tertiary/aromatic N) is 3. The van der Waals surface area contributed by atoms with Crippen LogP contribution in [0.25, 0.3) is 10.2 Å².